The first-order valence-electron chi connectivity index (χ1n) is 3.82. The number of hydrogen-bond donors (Lipinski definition) is 0. The molecule has 1 aromatic heterocycles. The first-order chi connectivity index (χ1) is 5.24. The molecule has 0 aromatic carbocycles. The molecule has 1 aromatic rings. The zero-order chi connectivity index (χ0) is 8.27. The van der Waals surface area contributed by atoms with Gasteiger partial charge in [0.15, 0.2) is 0 Å². The van der Waals surface area contributed by atoms with Crippen LogP contribution in [0.3, 0.4) is 0 Å². The molecule has 0 aliphatic heterocycles. The van der Waals surface area contributed by atoms with Crippen LogP contribution in [-0.4, -0.2) is 11.6 Å². The number of hydrogen-bond acceptors (Lipinski definition) is 3. The topological polar surface area (TPSA) is 22.1 Å². The summed E-state index contributed by atoms with van der Waals surface area (Å²) < 4.78 is 5.24. The molecule has 0 N–H and O–H groups in total. The Bertz CT molecular complexity index is 220. The molecule has 0 radical (unpaired) electrons. The summed E-state index contributed by atoms with van der Waals surface area (Å²) in [4.78, 5) is 5.41. The van der Waals surface area contributed by atoms with Gasteiger partial charge in [-0.3, -0.25) is 0 Å². The van der Waals surface area contributed by atoms with E-state index in [1.54, 1.807) is 11.3 Å². The Labute approximate surface area is 71.2 Å². The van der Waals surface area contributed by atoms with Crippen LogP contribution in [-0.2, 0) is 0 Å². The van der Waals surface area contributed by atoms with Crippen LogP contribution in [0.15, 0.2) is 6.20 Å². The maximum absolute atomic E-state index is 5.24. The zero-order valence-electron chi connectivity index (χ0n) is 7.13. The third-order valence-electron chi connectivity index (χ3n) is 1.34. The second-order valence-corrected chi connectivity index (χ2v) is 3.64. The van der Waals surface area contributed by atoms with E-state index in [0.717, 1.165) is 5.19 Å². The summed E-state index contributed by atoms with van der Waals surface area (Å²) in [6.45, 7) is 6.98. The standard InChI is InChI=1S/C8H13NOS/c1-4-10-8-9-5-7(11-8)6(2)3/h5-6H,4H2,1-3H3. The van der Waals surface area contributed by atoms with Crippen LogP contribution in [0.4, 0.5) is 0 Å². The van der Waals surface area contributed by atoms with Gasteiger partial charge < -0.3 is 4.74 Å². The molecule has 0 spiro atoms. The van der Waals surface area contributed by atoms with Crippen molar-refractivity contribution >= 4 is 11.3 Å². The highest BCUT2D eigenvalue weighted by molar-refractivity contribution is 7.13. The lowest BCUT2D eigenvalue weighted by Gasteiger charge is -1.96. The lowest BCUT2D eigenvalue weighted by Crippen LogP contribution is -1.88. The van der Waals surface area contributed by atoms with Crippen LogP contribution < -0.4 is 4.74 Å². The van der Waals surface area contributed by atoms with Gasteiger partial charge in [-0.2, -0.15) is 0 Å². The minimum atomic E-state index is 0.557. The van der Waals surface area contributed by atoms with Gasteiger partial charge in [0.25, 0.3) is 5.19 Å². The van der Waals surface area contributed by atoms with Crippen molar-refractivity contribution in [1.29, 1.82) is 0 Å². The Hall–Kier alpha value is -0.570. The Balaban J connectivity index is 2.66. The SMILES string of the molecule is CCOc1ncc(C(C)C)s1. The van der Waals surface area contributed by atoms with Gasteiger partial charge in [0, 0.05) is 11.1 Å². The van der Waals surface area contributed by atoms with E-state index < -0.39 is 0 Å². The maximum Gasteiger partial charge on any atom is 0.273 e. The van der Waals surface area contributed by atoms with Crippen molar-refractivity contribution in [3.8, 4) is 5.19 Å². The minimum Gasteiger partial charge on any atom is -0.470 e. The summed E-state index contributed by atoms with van der Waals surface area (Å²) in [5.74, 6) is 0.557. The third-order valence-corrected chi connectivity index (χ3v) is 2.55. The monoisotopic (exact) mass is 171 g/mol. The van der Waals surface area contributed by atoms with Crippen LogP contribution >= 0.6 is 11.3 Å². The van der Waals surface area contributed by atoms with Gasteiger partial charge in [-0.15, -0.1) is 0 Å². The number of aromatic nitrogens is 1. The quantitative estimate of drug-likeness (QED) is 0.697. The number of thiazole rings is 1. The normalized spacial score (nSPS) is 10.5. The minimum absolute atomic E-state index is 0.557. The summed E-state index contributed by atoms with van der Waals surface area (Å²) in [5, 5.41) is 0.788. The van der Waals surface area contributed by atoms with Crippen molar-refractivity contribution in [2.75, 3.05) is 6.61 Å². The van der Waals surface area contributed by atoms with Crippen LogP contribution in [0.5, 0.6) is 5.19 Å². The molecule has 1 heterocycles. The molecule has 0 saturated carbocycles. The Morgan fingerprint density at radius 1 is 1.64 bits per heavy atom. The summed E-state index contributed by atoms with van der Waals surface area (Å²) in [6.07, 6.45) is 1.89. The van der Waals surface area contributed by atoms with Gasteiger partial charge in [-0.05, 0) is 12.8 Å². The van der Waals surface area contributed by atoms with Crippen molar-refractivity contribution in [2.24, 2.45) is 0 Å². The fourth-order valence-corrected chi connectivity index (χ4v) is 1.55. The molecule has 0 aliphatic carbocycles. The predicted octanol–water partition coefficient (Wildman–Crippen LogP) is 2.67. The molecule has 0 bridgehead atoms. The molecule has 0 amide bonds. The molecule has 0 fully saturated rings. The van der Waals surface area contributed by atoms with E-state index >= 15 is 0 Å². The van der Waals surface area contributed by atoms with Crippen LogP contribution in [0, 0.1) is 0 Å². The van der Waals surface area contributed by atoms with E-state index in [1.807, 2.05) is 13.1 Å². The zero-order valence-corrected chi connectivity index (χ0v) is 7.94. The fourth-order valence-electron chi connectivity index (χ4n) is 0.727. The van der Waals surface area contributed by atoms with Gasteiger partial charge in [0.1, 0.15) is 0 Å². The summed E-state index contributed by atoms with van der Waals surface area (Å²) in [5.41, 5.74) is 0. The van der Waals surface area contributed by atoms with E-state index in [-0.39, 0.29) is 0 Å². The van der Waals surface area contributed by atoms with Crippen LogP contribution in [0.25, 0.3) is 0 Å². The molecule has 2 nitrogen and oxygen atoms in total. The molecule has 62 valence electrons. The molecular formula is C8H13NOS. The lowest BCUT2D eigenvalue weighted by atomic mass is 10.2. The highest BCUT2D eigenvalue weighted by Gasteiger charge is 2.04. The third kappa shape index (κ3) is 2.19. The summed E-state index contributed by atoms with van der Waals surface area (Å²) in [6, 6.07) is 0. The van der Waals surface area contributed by atoms with Crippen LogP contribution in [0.1, 0.15) is 31.6 Å². The smallest absolute Gasteiger partial charge is 0.273 e. The lowest BCUT2D eigenvalue weighted by molar-refractivity contribution is 0.338. The fraction of sp³-hybridized carbons (Fsp3) is 0.625. The highest BCUT2D eigenvalue weighted by atomic mass is 32.1. The van der Waals surface area contributed by atoms with Crippen molar-refractivity contribution in [3.63, 3.8) is 0 Å². The Morgan fingerprint density at radius 3 is 2.82 bits per heavy atom. The van der Waals surface area contributed by atoms with Gasteiger partial charge in [0.05, 0.1) is 6.61 Å². The Kier molecular flexibility index (Phi) is 2.88. The molecular weight excluding hydrogens is 158 g/mol. The molecule has 11 heavy (non-hydrogen) atoms. The molecule has 0 aliphatic rings. The molecule has 0 unspecified atom stereocenters. The second-order valence-electron chi connectivity index (χ2n) is 2.62. The molecule has 0 saturated heterocycles. The van der Waals surface area contributed by atoms with Gasteiger partial charge in [-0.25, -0.2) is 4.98 Å². The van der Waals surface area contributed by atoms with Crippen molar-refractivity contribution in [1.82, 2.24) is 4.98 Å². The van der Waals surface area contributed by atoms with Crippen molar-refractivity contribution < 1.29 is 4.74 Å². The van der Waals surface area contributed by atoms with Crippen molar-refractivity contribution in [2.45, 2.75) is 26.7 Å². The van der Waals surface area contributed by atoms with E-state index in [1.165, 1.54) is 4.88 Å². The Morgan fingerprint density at radius 2 is 2.36 bits per heavy atom. The average molecular weight is 171 g/mol. The molecule has 1 rings (SSSR count). The van der Waals surface area contributed by atoms with E-state index in [2.05, 4.69) is 18.8 Å². The molecule has 0 atom stereocenters. The first-order valence-corrected chi connectivity index (χ1v) is 4.64. The number of rotatable bonds is 3. The van der Waals surface area contributed by atoms with Crippen molar-refractivity contribution in [3.05, 3.63) is 11.1 Å². The molecule has 3 heteroatoms. The highest BCUT2D eigenvalue weighted by Crippen LogP contribution is 2.26. The van der Waals surface area contributed by atoms with E-state index in [9.17, 15) is 0 Å². The first kappa shape index (κ1) is 8.53. The number of nitrogens with zero attached hydrogens (tertiary/aromatic N) is 1. The van der Waals surface area contributed by atoms with E-state index in [0.29, 0.717) is 12.5 Å². The number of ether oxygens (including phenoxy) is 1. The van der Waals surface area contributed by atoms with Gasteiger partial charge >= 0.3 is 0 Å². The summed E-state index contributed by atoms with van der Waals surface area (Å²) >= 11 is 1.63. The second kappa shape index (κ2) is 3.72. The van der Waals surface area contributed by atoms with Crippen LogP contribution in [0.2, 0.25) is 0 Å². The predicted molar refractivity (Wildman–Crippen MR) is 47.4 cm³/mol. The van der Waals surface area contributed by atoms with Gasteiger partial charge in [0.2, 0.25) is 0 Å². The van der Waals surface area contributed by atoms with E-state index in [4.69, 9.17) is 4.74 Å². The maximum atomic E-state index is 5.24. The largest absolute Gasteiger partial charge is 0.470 e. The average Bonchev–Trinajstić information content (AvgIpc) is 2.37. The summed E-state index contributed by atoms with van der Waals surface area (Å²) in [7, 11) is 0. The van der Waals surface area contributed by atoms with Gasteiger partial charge in [-0.1, -0.05) is 25.2 Å².